The Morgan fingerprint density at radius 2 is 1.34 bits per heavy atom. The molecule has 0 heterocycles. The van der Waals surface area contributed by atoms with Crippen LogP contribution < -0.4 is 15.3 Å². The average molecular weight is 532 g/mol. The van der Waals surface area contributed by atoms with Crippen molar-refractivity contribution in [2.24, 2.45) is 23.7 Å². The summed E-state index contributed by atoms with van der Waals surface area (Å²) in [5, 5.41) is 2.61. The third-order valence-electron chi connectivity index (χ3n) is 11.4. The van der Waals surface area contributed by atoms with Crippen molar-refractivity contribution >= 4 is 23.5 Å². The van der Waals surface area contributed by atoms with Crippen LogP contribution in [0.4, 0.5) is 11.4 Å². The van der Waals surface area contributed by atoms with Crippen molar-refractivity contribution in [2.45, 2.75) is 50.4 Å². The second-order valence-corrected chi connectivity index (χ2v) is 13.3. The Bertz CT molecular complexity index is 1800. The Kier molecular flexibility index (Phi) is 5.28. The Morgan fingerprint density at radius 1 is 0.585 bits per heavy atom. The molecule has 41 heavy (non-hydrogen) atoms. The monoisotopic (exact) mass is 531 g/mol. The minimum atomic E-state index is 0.169. The maximum absolute atomic E-state index is 2.57. The molecule has 1 spiro atoms. The number of hydrogen-bond acceptors (Lipinski definition) is 1. The molecule has 0 aliphatic heterocycles. The summed E-state index contributed by atoms with van der Waals surface area (Å²) >= 11 is 0. The molecule has 6 aliphatic carbocycles. The van der Waals surface area contributed by atoms with E-state index in [1.54, 1.807) is 11.1 Å². The van der Waals surface area contributed by atoms with Crippen LogP contribution in [0.25, 0.3) is 23.3 Å². The molecule has 1 nitrogen and oxygen atoms in total. The standard InChI is InChI=1S/C40H37N/c1-2-11-33(12-3-1)41(34-21-18-29-9-4-5-10-30(29)19-22-34)38-16-8-15-37-39(38)35-13-6-7-14-36(35)40(37)31-20-17-27-23-28(25-31)26-32(40)24-27/h1-16,18-19,21,27-28,31-32H,17,20,22-26H2. The van der Waals surface area contributed by atoms with Gasteiger partial charge in [0.15, 0.2) is 0 Å². The predicted octanol–water partition coefficient (Wildman–Crippen LogP) is 8.49. The zero-order chi connectivity index (χ0) is 27.0. The first-order valence-corrected chi connectivity index (χ1v) is 15.9. The van der Waals surface area contributed by atoms with Crippen molar-refractivity contribution in [3.8, 4) is 11.1 Å². The summed E-state index contributed by atoms with van der Waals surface area (Å²) in [4.78, 5) is 2.57. The lowest BCUT2D eigenvalue weighted by atomic mass is 9.51. The number of hydrogen-bond donors (Lipinski definition) is 0. The van der Waals surface area contributed by atoms with E-state index in [2.05, 4.69) is 120 Å². The highest BCUT2D eigenvalue weighted by molar-refractivity contribution is 5.94. The van der Waals surface area contributed by atoms with Gasteiger partial charge in [-0.05, 0) is 107 Å². The number of nitrogens with zero attached hydrogens (tertiary/aromatic N) is 1. The molecule has 5 unspecified atom stereocenters. The maximum Gasteiger partial charge on any atom is 0.0540 e. The predicted molar refractivity (Wildman–Crippen MR) is 170 cm³/mol. The van der Waals surface area contributed by atoms with Gasteiger partial charge in [0.25, 0.3) is 0 Å². The van der Waals surface area contributed by atoms with Gasteiger partial charge in [0, 0.05) is 28.8 Å². The summed E-state index contributed by atoms with van der Waals surface area (Å²) in [6.45, 7) is 0. The second-order valence-electron chi connectivity index (χ2n) is 13.3. The van der Waals surface area contributed by atoms with Gasteiger partial charge in [0.2, 0.25) is 0 Å². The fourth-order valence-electron chi connectivity index (χ4n) is 10.0. The first-order chi connectivity index (χ1) is 20.3. The normalized spacial score (nSPS) is 28.4. The molecule has 4 aromatic carbocycles. The molecule has 0 radical (unpaired) electrons. The molecule has 4 fully saturated rings. The largest absolute Gasteiger partial charge is 0.313 e. The van der Waals surface area contributed by atoms with Gasteiger partial charge in [0.1, 0.15) is 0 Å². The quantitative estimate of drug-likeness (QED) is 0.256. The highest BCUT2D eigenvalue weighted by Crippen LogP contribution is 2.68. The number of anilines is 2. The molecule has 0 saturated heterocycles. The minimum absolute atomic E-state index is 0.169. The van der Waals surface area contributed by atoms with Crippen molar-refractivity contribution in [2.75, 3.05) is 4.90 Å². The molecule has 6 aliphatic rings. The number of benzene rings is 4. The van der Waals surface area contributed by atoms with E-state index >= 15 is 0 Å². The van der Waals surface area contributed by atoms with Gasteiger partial charge in [-0.1, -0.05) is 97.4 Å². The fourth-order valence-corrected chi connectivity index (χ4v) is 10.0. The molecule has 10 rings (SSSR count). The van der Waals surface area contributed by atoms with E-state index in [0.29, 0.717) is 0 Å². The van der Waals surface area contributed by atoms with E-state index < -0.39 is 0 Å². The lowest BCUT2D eigenvalue weighted by molar-refractivity contribution is 0.0618. The van der Waals surface area contributed by atoms with Crippen molar-refractivity contribution in [3.05, 3.63) is 130 Å². The number of allylic oxidation sites excluding steroid dienone is 2. The van der Waals surface area contributed by atoms with Crippen molar-refractivity contribution in [3.63, 3.8) is 0 Å². The van der Waals surface area contributed by atoms with Crippen LogP contribution in [0, 0.1) is 23.7 Å². The third-order valence-corrected chi connectivity index (χ3v) is 11.4. The average Bonchev–Trinajstić information content (AvgIpc) is 3.14. The lowest BCUT2D eigenvalue weighted by Gasteiger charge is -2.53. The summed E-state index contributed by atoms with van der Waals surface area (Å²) in [5.74, 6) is 3.41. The molecule has 0 amide bonds. The topological polar surface area (TPSA) is 3.24 Å². The summed E-state index contributed by atoms with van der Waals surface area (Å²) < 4.78 is 0. The molecule has 4 saturated carbocycles. The van der Waals surface area contributed by atoms with Crippen LogP contribution in [0.3, 0.4) is 0 Å². The zero-order valence-corrected chi connectivity index (χ0v) is 23.7. The minimum Gasteiger partial charge on any atom is -0.313 e. The first kappa shape index (κ1) is 23.8. The van der Waals surface area contributed by atoms with Crippen molar-refractivity contribution in [1.29, 1.82) is 0 Å². The summed E-state index contributed by atoms with van der Waals surface area (Å²) in [5.41, 5.74) is 10.3. The Hall–Kier alpha value is -3.84. The van der Waals surface area contributed by atoms with Crippen LogP contribution in [0.15, 0.2) is 109 Å². The van der Waals surface area contributed by atoms with E-state index in [-0.39, 0.29) is 5.41 Å². The molecule has 0 aromatic heterocycles. The van der Waals surface area contributed by atoms with E-state index in [1.165, 1.54) is 77.2 Å². The molecular formula is C40H37N. The number of fused-ring (bicyclic) bond motifs is 5. The van der Waals surface area contributed by atoms with Gasteiger partial charge >= 0.3 is 0 Å². The van der Waals surface area contributed by atoms with Crippen LogP contribution >= 0.6 is 0 Å². The van der Waals surface area contributed by atoms with Crippen molar-refractivity contribution in [1.82, 2.24) is 0 Å². The van der Waals surface area contributed by atoms with E-state index in [0.717, 1.165) is 30.1 Å². The van der Waals surface area contributed by atoms with Crippen molar-refractivity contribution < 1.29 is 0 Å². The molecular weight excluding hydrogens is 494 g/mol. The highest BCUT2D eigenvalue weighted by atomic mass is 15.2. The first-order valence-electron chi connectivity index (χ1n) is 15.9. The van der Waals surface area contributed by atoms with Crippen LogP contribution in [0.5, 0.6) is 0 Å². The lowest BCUT2D eigenvalue weighted by Crippen LogP contribution is -2.48. The van der Waals surface area contributed by atoms with Gasteiger partial charge in [-0.3, -0.25) is 0 Å². The summed E-state index contributed by atoms with van der Waals surface area (Å²) in [6, 6.07) is 36.7. The van der Waals surface area contributed by atoms with Gasteiger partial charge in [-0.2, -0.15) is 0 Å². The van der Waals surface area contributed by atoms with Gasteiger partial charge in [-0.25, -0.2) is 0 Å². The highest BCUT2D eigenvalue weighted by Gasteiger charge is 2.59. The molecule has 1 heteroatoms. The summed E-state index contributed by atoms with van der Waals surface area (Å²) in [7, 11) is 0. The number of rotatable bonds is 3. The van der Waals surface area contributed by atoms with E-state index in [9.17, 15) is 0 Å². The molecule has 0 N–H and O–H groups in total. The maximum atomic E-state index is 2.57. The molecule has 5 atom stereocenters. The fraction of sp³-hybridized carbons (Fsp3) is 0.300. The SMILES string of the molecule is C1=C(N(c2ccccc2)c2cccc3c2-c2ccccc2C32C3CCC4CC(C3)CC2C4)CC=c2ccccc2=C1. The van der Waals surface area contributed by atoms with E-state index in [4.69, 9.17) is 0 Å². The molecule has 202 valence electrons. The molecule has 4 aromatic rings. The second kappa shape index (κ2) is 9.08. The Balaban J connectivity index is 1.29. The molecule has 4 bridgehead atoms. The van der Waals surface area contributed by atoms with Gasteiger partial charge in [0.05, 0.1) is 5.69 Å². The van der Waals surface area contributed by atoms with Gasteiger partial charge in [-0.15, -0.1) is 0 Å². The Labute approximate surface area is 243 Å². The van der Waals surface area contributed by atoms with E-state index in [1.807, 2.05) is 0 Å². The van der Waals surface area contributed by atoms with Crippen LogP contribution in [-0.4, -0.2) is 0 Å². The zero-order valence-electron chi connectivity index (χ0n) is 23.7. The smallest absolute Gasteiger partial charge is 0.0540 e. The Morgan fingerprint density at radius 3 is 2.27 bits per heavy atom. The summed E-state index contributed by atoms with van der Waals surface area (Å²) in [6.07, 6.45) is 16.5. The number of para-hydroxylation sites is 1. The van der Waals surface area contributed by atoms with Crippen LogP contribution in [-0.2, 0) is 5.41 Å². The third kappa shape index (κ3) is 3.41. The van der Waals surface area contributed by atoms with Crippen LogP contribution in [0.1, 0.15) is 56.1 Å². The van der Waals surface area contributed by atoms with Gasteiger partial charge < -0.3 is 4.90 Å². The van der Waals surface area contributed by atoms with Crippen LogP contribution in [0.2, 0.25) is 0 Å².